The molecule has 32 heavy (non-hydrogen) atoms. The predicted octanol–water partition coefficient (Wildman–Crippen LogP) is 6.18. The van der Waals surface area contributed by atoms with E-state index in [-0.39, 0.29) is 11.3 Å². The summed E-state index contributed by atoms with van der Waals surface area (Å²) < 4.78 is 40.0. The van der Waals surface area contributed by atoms with E-state index in [1.165, 1.54) is 0 Å². The fraction of sp³-hybridized carbons (Fsp3) is 0.0833. The van der Waals surface area contributed by atoms with Crippen molar-refractivity contribution < 1.29 is 22.8 Å². The Labute approximate surface area is 186 Å². The summed E-state index contributed by atoms with van der Waals surface area (Å²) in [6.07, 6.45) is -2.88. The predicted molar refractivity (Wildman–Crippen MR) is 117 cm³/mol. The number of alkyl halides is 3. The first-order valence-electron chi connectivity index (χ1n) is 9.57. The van der Waals surface area contributed by atoms with Gasteiger partial charge in [0.1, 0.15) is 0 Å². The van der Waals surface area contributed by atoms with Gasteiger partial charge in [-0.2, -0.15) is 13.2 Å². The third-order valence-corrected chi connectivity index (χ3v) is 5.23. The van der Waals surface area contributed by atoms with Crippen LogP contribution in [0.4, 0.5) is 18.9 Å². The number of carbonyl (C=O) groups is 2. The minimum absolute atomic E-state index is 0.0984. The maximum Gasteiger partial charge on any atom is 0.416 e. The van der Waals surface area contributed by atoms with Crippen LogP contribution in [0.25, 0.3) is 10.9 Å². The van der Waals surface area contributed by atoms with Crippen LogP contribution in [0.2, 0.25) is 5.02 Å². The number of hydrogen-bond donors (Lipinski definition) is 1. The van der Waals surface area contributed by atoms with Crippen molar-refractivity contribution in [3.8, 4) is 0 Å². The normalized spacial score (nSPS) is 11.5. The maximum absolute atomic E-state index is 12.9. The van der Waals surface area contributed by atoms with Gasteiger partial charge in [-0.05, 0) is 48.0 Å². The summed E-state index contributed by atoms with van der Waals surface area (Å²) in [5.41, 5.74) is 1.20. The standard InChI is InChI=1S/C24H16ClF3N2O2/c25-17-9-5-15(6-10-17)13-30-14-20(19-3-1-2-4-21(19)30)22(31)23(32)29-18-11-7-16(8-12-18)24(26,27)28/h1-12,14H,13H2,(H,29,32). The number of anilines is 1. The lowest BCUT2D eigenvalue weighted by Crippen LogP contribution is -2.22. The van der Waals surface area contributed by atoms with Crippen molar-refractivity contribution in [2.45, 2.75) is 12.7 Å². The number of fused-ring (bicyclic) bond motifs is 1. The lowest BCUT2D eigenvalue weighted by Gasteiger charge is -2.08. The molecule has 1 aromatic heterocycles. The number of nitrogens with one attached hydrogen (secondary N) is 1. The van der Waals surface area contributed by atoms with E-state index in [9.17, 15) is 22.8 Å². The number of ketones is 1. The van der Waals surface area contributed by atoms with Crippen molar-refractivity contribution in [3.63, 3.8) is 0 Å². The molecule has 4 nitrogen and oxygen atoms in total. The van der Waals surface area contributed by atoms with E-state index in [2.05, 4.69) is 5.32 Å². The van der Waals surface area contributed by atoms with Crippen LogP contribution in [0, 0.1) is 0 Å². The van der Waals surface area contributed by atoms with Crippen molar-refractivity contribution in [1.82, 2.24) is 4.57 Å². The van der Waals surface area contributed by atoms with Crippen LogP contribution in [0.3, 0.4) is 0 Å². The Morgan fingerprint density at radius 2 is 1.56 bits per heavy atom. The third-order valence-electron chi connectivity index (χ3n) is 4.98. The molecule has 3 aromatic carbocycles. The molecule has 0 atom stereocenters. The monoisotopic (exact) mass is 456 g/mol. The van der Waals surface area contributed by atoms with Crippen LogP contribution < -0.4 is 5.32 Å². The Hall–Kier alpha value is -3.58. The van der Waals surface area contributed by atoms with Crippen molar-refractivity contribution in [2.75, 3.05) is 5.32 Å². The summed E-state index contributed by atoms with van der Waals surface area (Å²) in [4.78, 5) is 25.4. The van der Waals surface area contributed by atoms with Gasteiger partial charge < -0.3 is 9.88 Å². The summed E-state index contributed by atoms with van der Waals surface area (Å²) in [5.74, 6) is -1.71. The second kappa shape index (κ2) is 8.51. The first-order valence-corrected chi connectivity index (χ1v) is 9.95. The first-order chi connectivity index (χ1) is 15.2. The number of amides is 1. The molecular formula is C24H16ClF3N2O2. The van der Waals surface area contributed by atoms with Crippen LogP contribution >= 0.6 is 11.6 Å². The molecule has 162 valence electrons. The molecule has 1 heterocycles. The quantitative estimate of drug-likeness (QED) is 0.288. The summed E-state index contributed by atoms with van der Waals surface area (Å²) in [5, 5.41) is 3.59. The number of halogens is 4. The molecular weight excluding hydrogens is 441 g/mol. The van der Waals surface area contributed by atoms with Crippen molar-refractivity contribution >= 4 is 39.9 Å². The minimum atomic E-state index is -4.48. The fourth-order valence-electron chi connectivity index (χ4n) is 3.40. The van der Waals surface area contributed by atoms with E-state index in [0.29, 0.717) is 17.0 Å². The highest BCUT2D eigenvalue weighted by atomic mass is 35.5. The van der Waals surface area contributed by atoms with Gasteiger partial charge in [-0.15, -0.1) is 0 Å². The van der Waals surface area contributed by atoms with Gasteiger partial charge in [0.25, 0.3) is 11.7 Å². The summed E-state index contributed by atoms with van der Waals surface area (Å²) in [6, 6.07) is 18.4. The largest absolute Gasteiger partial charge is 0.416 e. The molecule has 4 aromatic rings. The second-order valence-corrected chi connectivity index (χ2v) is 7.61. The van der Waals surface area contributed by atoms with Crippen LogP contribution in [0.5, 0.6) is 0 Å². The van der Waals surface area contributed by atoms with Gasteiger partial charge in [-0.1, -0.05) is 41.9 Å². The summed E-state index contributed by atoms with van der Waals surface area (Å²) >= 11 is 5.94. The summed E-state index contributed by atoms with van der Waals surface area (Å²) in [6.45, 7) is 0.464. The Morgan fingerprint density at radius 3 is 2.22 bits per heavy atom. The van der Waals surface area contributed by atoms with Gasteiger partial charge in [-0.25, -0.2) is 0 Å². The lowest BCUT2D eigenvalue weighted by molar-refractivity contribution is -0.137. The molecule has 4 rings (SSSR count). The number of nitrogens with zero attached hydrogens (tertiary/aromatic N) is 1. The summed E-state index contributed by atoms with van der Waals surface area (Å²) in [7, 11) is 0. The SMILES string of the molecule is O=C(Nc1ccc(C(F)(F)F)cc1)C(=O)c1cn(Cc2ccc(Cl)cc2)c2ccccc12. The van der Waals surface area contributed by atoms with Gasteiger partial charge in [0.2, 0.25) is 0 Å². The number of Topliss-reactive ketones (excluding diaryl/α,β-unsaturated/α-hetero) is 1. The fourth-order valence-corrected chi connectivity index (χ4v) is 3.52. The molecule has 0 unspecified atom stereocenters. The zero-order chi connectivity index (χ0) is 22.9. The van der Waals surface area contributed by atoms with Crippen LogP contribution in [0.1, 0.15) is 21.5 Å². The average molecular weight is 457 g/mol. The second-order valence-electron chi connectivity index (χ2n) is 7.17. The lowest BCUT2D eigenvalue weighted by atomic mass is 10.1. The van der Waals surface area contributed by atoms with E-state index in [1.54, 1.807) is 30.5 Å². The molecule has 0 saturated heterocycles. The number of para-hydroxylation sites is 1. The van der Waals surface area contributed by atoms with Gasteiger partial charge in [0.15, 0.2) is 0 Å². The zero-order valence-corrected chi connectivity index (χ0v) is 17.2. The maximum atomic E-state index is 12.9. The number of aromatic nitrogens is 1. The van der Waals surface area contributed by atoms with Crippen LogP contribution in [-0.4, -0.2) is 16.3 Å². The smallest absolute Gasteiger partial charge is 0.342 e. The highest BCUT2D eigenvalue weighted by molar-refractivity contribution is 6.48. The van der Waals surface area contributed by atoms with E-state index in [4.69, 9.17) is 11.6 Å². The number of hydrogen-bond acceptors (Lipinski definition) is 2. The van der Waals surface area contributed by atoms with Gasteiger partial charge in [0, 0.05) is 34.4 Å². The Kier molecular flexibility index (Phi) is 5.76. The molecule has 1 amide bonds. The van der Waals surface area contributed by atoms with Crippen molar-refractivity contribution in [1.29, 1.82) is 0 Å². The molecule has 0 aliphatic heterocycles. The number of carbonyl (C=O) groups excluding carboxylic acids is 2. The number of benzene rings is 3. The van der Waals surface area contributed by atoms with Gasteiger partial charge in [0.05, 0.1) is 11.1 Å². The Bertz CT molecular complexity index is 1290. The Morgan fingerprint density at radius 1 is 0.906 bits per heavy atom. The van der Waals surface area contributed by atoms with Gasteiger partial charge >= 0.3 is 6.18 Å². The van der Waals surface area contributed by atoms with Crippen LogP contribution in [0.15, 0.2) is 79.0 Å². The highest BCUT2D eigenvalue weighted by Crippen LogP contribution is 2.30. The van der Waals surface area contributed by atoms with Gasteiger partial charge in [-0.3, -0.25) is 9.59 Å². The third kappa shape index (κ3) is 4.53. The van der Waals surface area contributed by atoms with Crippen LogP contribution in [-0.2, 0) is 17.5 Å². The minimum Gasteiger partial charge on any atom is -0.342 e. The number of rotatable bonds is 5. The zero-order valence-electron chi connectivity index (χ0n) is 16.5. The average Bonchev–Trinajstić information content (AvgIpc) is 3.13. The molecule has 0 spiro atoms. The molecule has 1 N–H and O–H groups in total. The molecule has 0 saturated carbocycles. The molecule has 0 aliphatic rings. The molecule has 0 aliphatic carbocycles. The van der Waals surface area contributed by atoms with E-state index in [0.717, 1.165) is 35.3 Å². The molecule has 8 heteroatoms. The van der Waals surface area contributed by atoms with E-state index < -0.39 is 23.4 Å². The Balaban J connectivity index is 1.59. The first kappa shape index (κ1) is 21.6. The van der Waals surface area contributed by atoms with E-state index >= 15 is 0 Å². The van der Waals surface area contributed by atoms with E-state index in [1.807, 2.05) is 28.8 Å². The van der Waals surface area contributed by atoms with Crippen molar-refractivity contribution in [2.24, 2.45) is 0 Å². The molecule has 0 fully saturated rings. The molecule has 0 radical (unpaired) electrons. The topological polar surface area (TPSA) is 51.1 Å². The van der Waals surface area contributed by atoms with Crippen molar-refractivity contribution in [3.05, 3.63) is 101 Å². The highest BCUT2D eigenvalue weighted by Gasteiger charge is 2.30. The molecule has 0 bridgehead atoms.